The zero-order chi connectivity index (χ0) is 20.6. The van der Waals surface area contributed by atoms with E-state index in [1.165, 1.54) is 4.90 Å². The van der Waals surface area contributed by atoms with Crippen molar-refractivity contribution in [3.05, 3.63) is 59.3 Å². The largest absolute Gasteiger partial charge is 0.454 e. The van der Waals surface area contributed by atoms with Gasteiger partial charge in [-0.25, -0.2) is 0 Å². The Kier molecular flexibility index (Phi) is 3.35. The summed E-state index contributed by atoms with van der Waals surface area (Å²) in [6.45, 7) is 2.27. The van der Waals surface area contributed by atoms with Crippen molar-refractivity contribution >= 4 is 22.7 Å². The maximum Gasteiger partial charge on any atom is 0.245 e. The number of piperazine rings is 1. The fourth-order valence-corrected chi connectivity index (χ4v) is 5.26. The summed E-state index contributed by atoms with van der Waals surface area (Å²) in [6, 6.07) is 13.3. The van der Waals surface area contributed by atoms with Crippen molar-refractivity contribution in [1.29, 1.82) is 0 Å². The van der Waals surface area contributed by atoms with Crippen LogP contribution in [0.5, 0.6) is 11.5 Å². The second kappa shape index (κ2) is 5.78. The van der Waals surface area contributed by atoms with Crippen LogP contribution in [0.3, 0.4) is 0 Å². The van der Waals surface area contributed by atoms with E-state index in [1.807, 2.05) is 43.3 Å². The van der Waals surface area contributed by atoms with Crippen molar-refractivity contribution in [3.8, 4) is 11.5 Å². The Morgan fingerprint density at radius 3 is 2.77 bits per heavy atom. The highest BCUT2D eigenvalue weighted by Gasteiger charge is 2.54. The number of H-pyrrole nitrogens is 1. The number of nitrogens with zero attached hydrogens (tertiary/aromatic N) is 2. The second-order valence-electron chi connectivity index (χ2n) is 8.34. The summed E-state index contributed by atoms with van der Waals surface area (Å²) in [7, 11) is 1.69. The van der Waals surface area contributed by atoms with Crippen LogP contribution in [0.4, 0.5) is 0 Å². The summed E-state index contributed by atoms with van der Waals surface area (Å²) in [5.74, 6) is 1.25. The summed E-state index contributed by atoms with van der Waals surface area (Å²) in [6.07, 6.45) is 0.494. The van der Waals surface area contributed by atoms with Crippen molar-refractivity contribution in [3.63, 3.8) is 0 Å². The Hall–Kier alpha value is -3.48. The van der Waals surface area contributed by atoms with Gasteiger partial charge in [0.2, 0.25) is 18.6 Å². The summed E-state index contributed by atoms with van der Waals surface area (Å²) in [5.41, 5.74) is 3.08. The molecule has 1 aromatic heterocycles. The van der Waals surface area contributed by atoms with Gasteiger partial charge in [0.15, 0.2) is 11.5 Å². The molecule has 0 bridgehead atoms. The van der Waals surface area contributed by atoms with E-state index >= 15 is 0 Å². The summed E-state index contributed by atoms with van der Waals surface area (Å²) >= 11 is 0. The van der Waals surface area contributed by atoms with Gasteiger partial charge in [-0.05, 0) is 36.2 Å². The molecule has 7 nitrogen and oxygen atoms in total. The zero-order valence-corrected chi connectivity index (χ0v) is 16.8. The molecule has 2 atom stereocenters. The van der Waals surface area contributed by atoms with Crippen molar-refractivity contribution in [2.75, 3.05) is 20.4 Å². The van der Waals surface area contributed by atoms with Gasteiger partial charge in [0, 0.05) is 30.1 Å². The van der Waals surface area contributed by atoms with Crippen LogP contribution >= 0.6 is 0 Å². The highest BCUT2D eigenvalue weighted by atomic mass is 16.7. The van der Waals surface area contributed by atoms with Crippen molar-refractivity contribution in [1.82, 2.24) is 14.8 Å². The van der Waals surface area contributed by atoms with Gasteiger partial charge in [-0.2, -0.15) is 0 Å². The topological polar surface area (TPSA) is 74.9 Å². The number of aromatic amines is 1. The Labute approximate surface area is 173 Å². The molecule has 3 aromatic rings. The quantitative estimate of drug-likeness (QED) is 0.677. The first-order valence-corrected chi connectivity index (χ1v) is 10.1. The molecule has 2 amide bonds. The number of amides is 2. The molecule has 1 fully saturated rings. The lowest BCUT2D eigenvalue weighted by molar-refractivity contribution is -0.161. The Morgan fingerprint density at radius 2 is 1.90 bits per heavy atom. The average Bonchev–Trinajstić information content (AvgIpc) is 3.36. The number of likely N-dealkylation sites (N-methyl/N-ethyl adjacent to an activating group) is 1. The molecule has 152 valence electrons. The van der Waals surface area contributed by atoms with Gasteiger partial charge in [-0.15, -0.1) is 0 Å². The van der Waals surface area contributed by atoms with E-state index in [1.54, 1.807) is 11.9 Å². The van der Waals surface area contributed by atoms with E-state index in [2.05, 4.69) is 11.1 Å². The summed E-state index contributed by atoms with van der Waals surface area (Å²) in [5, 5.41) is 1.09. The van der Waals surface area contributed by atoms with Crippen molar-refractivity contribution in [2.24, 2.45) is 0 Å². The lowest BCUT2D eigenvalue weighted by Gasteiger charge is -2.52. The molecule has 0 unspecified atom stereocenters. The first-order valence-electron chi connectivity index (χ1n) is 10.1. The normalized spacial score (nSPS) is 24.9. The molecule has 1 saturated heterocycles. The number of nitrogens with one attached hydrogen (secondary N) is 1. The van der Waals surface area contributed by atoms with E-state index in [-0.39, 0.29) is 25.2 Å². The second-order valence-corrected chi connectivity index (χ2v) is 8.34. The van der Waals surface area contributed by atoms with E-state index in [0.29, 0.717) is 17.9 Å². The molecule has 30 heavy (non-hydrogen) atoms. The van der Waals surface area contributed by atoms with E-state index in [4.69, 9.17) is 9.47 Å². The van der Waals surface area contributed by atoms with Crippen LogP contribution in [0, 0.1) is 0 Å². The first-order chi connectivity index (χ1) is 14.5. The van der Waals surface area contributed by atoms with Crippen LogP contribution in [0.2, 0.25) is 0 Å². The van der Waals surface area contributed by atoms with E-state index in [0.717, 1.165) is 27.7 Å². The molecule has 0 aliphatic carbocycles. The molecule has 1 N–H and O–H groups in total. The van der Waals surface area contributed by atoms with Crippen LogP contribution in [-0.2, 0) is 21.5 Å². The summed E-state index contributed by atoms with van der Waals surface area (Å²) < 4.78 is 11.1. The molecular formula is C23H21N3O4. The van der Waals surface area contributed by atoms with Crippen molar-refractivity contribution in [2.45, 2.75) is 24.9 Å². The van der Waals surface area contributed by atoms with Gasteiger partial charge in [0.1, 0.15) is 11.6 Å². The maximum atomic E-state index is 13.3. The van der Waals surface area contributed by atoms with Crippen LogP contribution < -0.4 is 9.47 Å². The minimum absolute atomic E-state index is 0.0301. The first kappa shape index (κ1) is 17.4. The molecule has 4 heterocycles. The number of hydrogen-bond donors (Lipinski definition) is 1. The Bertz CT molecular complexity index is 1230. The molecule has 3 aliphatic heterocycles. The lowest BCUT2D eigenvalue weighted by Crippen LogP contribution is -2.67. The third-order valence-electron chi connectivity index (χ3n) is 6.73. The fourth-order valence-electron chi connectivity index (χ4n) is 5.26. The van der Waals surface area contributed by atoms with Crippen LogP contribution in [0.15, 0.2) is 42.5 Å². The fraction of sp³-hybridized carbons (Fsp3) is 0.304. The van der Waals surface area contributed by atoms with Gasteiger partial charge < -0.3 is 24.3 Å². The van der Waals surface area contributed by atoms with E-state index < -0.39 is 11.6 Å². The molecule has 0 spiro atoms. The van der Waals surface area contributed by atoms with Gasteiger partial charge >= 0.3 is 0 Å². The Balaban J connectivity index is 1.65. The number of ether oxygens (including phenoxy) is 2. The number of carbonyl (C=O) groups is 2. The molecule has 6 rings (SSSR count). The lowest BCUT2D eigenvalue weighted by atomic mass is 9.77. The third kappa shape index (κ3) is 2.09. The zero-order valence-electron chi connectivity index (χ0n) is 16.8. The highest BCUT2D eigenvalue weighted by Crippen LogP contribution is 2.48. The highest BCUT2D eigenvalue weighted by molar-refractivity contribution is 5.98. The van der Waals surface area contributed by atoms with Gasteiger partial charge in [-0.1, -0.05) is 24.3 Å². The molecule has 0 radical (unpaired) electrons. The maximum absolute atomic E-state index is 13.3. The number of rotatable bonds is 1. The molecule has 2 aromatic carbocycles. The molecule has 7 heteroatoms. The average molecular weight is 403 g/mol. The standard InChI is InChI=1S/C23H21N3O4/c1-23(13-7-8-18-19(9-13)30-12-29-18)21-15(14-5-3-4-6-16(14)24-21)10-17-22(28)25(2)11-20(27)26(17)23/h3-9,17,24H,10-12H2,1-2H3/t17-,23+/m0/s1. The SMILES string of the molecule is CN1CC(=O)N2[C@@H](Cc3c([nH]c4ccccc34)[C@@]2(C)c2ccc3c(c2)OCO3)C1=O. The number of hydrogen-bond acceptors (Lipinski definition) is 4. The number of fused-ring (bicyclic) bond motifs is 5. The number of aromatic nitrogens is 1. The molecule has 0 saturated carbocycles. The Morgan fingerprint density at radius 1 is 1.10 bits per heavy atom. The number of benzene rings is 2. The van der Waals surface area contributed by atoms with Crippen molar-refractivity contribution < 1.29 is 19.1 Å². The molecule has 3 aliphatic rings. The van der Waals surface area contributed by atoms with E-state index in [9.17, 15) is 9.59 Å². The predicted molar refractivity (Wildman–Crippen MR) is 109 cm³/mol. The smallest absolute Gasteiger partial charge is 0.245 e. The minimum atomic E-state index is -0.841. The third-order valence-corrected chi connectivity index (χ3v) is 6.73. The molecular weight excluding hydrogens is 382 g/mol. The summed E-state index contributed by atoms with van der Waals surface area (Å²) in [4.78, 5) is 33.3. The van der Waals surface area contributed by atoms with Gasteiger partial charge in [0.05, 0.1) is 6.54 Å². The minimum Gasteiger partial charge on any atom is -0.454 e. The predicted octanol–water partition coefficient (Wildman–Crippen LogP) is 2.39. The monoisotopic (exact) mass is 403 g/mol. The number of carbonyl (C=O) groups excluding carboxylic acids is 2. The van der Waals surface area contributed by atoms with Gasteiger partial charge in [0.25, 0.3) is 0 Å². The van der Waals surface area contributed by atoms with Gasteiger partial charge in [-0.3, -0.25) is 9.59 Å². The van der Waals surface area contributed by atoms with Crippen LogP contribution in [0.25, 0.3) is 10.9 Å². The van der Waals surface area contributed by atoms with Crippen LogP contribution in [-0.4, -0.2) is 53.0 Å². The number of para-hydroxylation sites is 1. The van der Waals surface area contributed by atoms with Crippen LogP contribution in [0.1, 0.15) is 23.7 Å².